The molecule has 7 rings (SSSR count). The second-order valence-electron chi connectivity index (χ2n) is 12.5. The van der Waals surface area contributed by atoms with Crippen LogP contribution in [-0.4, -0.2) is 62.5 Å². The van der Waals surface area contributed by atoms with Crippen LogP contribution in [0.4, 0.5) is 5.69 Å². The lowest BCUT2D eigenvalue weighted by atomic mass is 9.54. The van der Waals surface area contributed by atoms with Gasteiger partial charge in [0.05, 0.1) is 5.69 Å². The number of thiazole rings is 1. The van der Waals surface area contributed by atoms with Gasteiger partial charge in [-0.1, -0.05) is 0 Å². The molecule has 0 unspecified atom stereocenters. The van der Waals surface area contributed by atoms with Crippen LogP contribution >= 0.6 is 11.3 Å². The van der Waals surface area contributed by atoms with Crippen LogP contribution in [0.5, 0.6) is 0 Å². The van der Waals surface area contributed by atoms with Crippen LogP contribution in [-0.2, 0) is 25.7 Å². The number of Topliss-reactive ketones (excluding diaryl/α,β-unsaturated/α-hetero) is 1. The fourth-order valence-corrected chi connectivity index (χ4v) is 8.47. The van der Waals surface area contributed by atoms with Gasteiger partial charge >= 0.3 is 0 Å². The van der Waals surface area contributed by atoms with Gasteiger partial charge in [0.1, 0.15) is 24.0 Å². The third-order valence-corrected chi connectivity index (χ3v) is 10.3. The van der Waals surface area contributed by atoms with E-state index in [1.54, 1.807) is 29.0 Å². The molecule has 0 saturated heterocycles. The van der Waals surface area contributed by atoms with E-state index >= 15 is 0 Å². The normalized spacial score (nSPS) is 23.8. The molecule has 0 aromatic carbocycles. The molecule has 0 radical (unpaired) electrons. The van der Waals surface area contributed by atoms with E-state index in [1.807, 2.05) is 0 Å². The minimum Gasteiger partial charge on any atom is -0.353 e. The lowest BCUT2D eigenvalue weighted by Crippen LogP contribution is -2.56. The summed E-state index contributed by atoms with van der Waals surface area (Å²) in [5.41, 5.74) is 0.0264. The van der Waals surface area contributed by atoms with Crippen LogP contribution in [0.25, 0.3) is 4.96 Å². The molecular formula is C31H37N7O6S. The molecule has 0 spiro atoms. The molecule has 238 valence electrons. The Morgan fingerprint density at radius 3 is 2.44 bits per heavy atom. The summed E-state index contributed by atoms with van der Waals surface area (Å²) in [5, 5.41) is 12.4. The molecule has 4 bridgehead atoms. The predicted octanol–water partition coefficient (Wildman–Crippen LogP) is 1.64. The third kappa shape index (κ3) is 6.28. The summed E-state index contributed by atoms with van der Waals surface area (Å²) in [7, 11) is 1.32. The average molecular weight is 636 g/mol. The number of anilines is 1. The van der Waals surface area contributed by atoms with E-state index in [-0.39, 0.29) is 42.7 Å². The van der Waals surface area contributed by atoms with Crippen molar-refractivity contribution in [3.8, 4) is 0 Å². The molecule has 3 aromatic rings. The van der Waals surface area contributed by atoms with Gasteiger partial charge in [-0.15, -0.1) is 11.3 Å². The highest BCUT2D eigenvalue weighted by Crippen LogP contribution is 2.53. The summed E-state index contributed by atoms with van der Waals surface area (Å²) in [6.07, 6.45) is 8.61. The number of hydrogen-bond acceptors (Lipinski definition) is 8. The van der Waals surface area contributed by atoms with Crippen LogP contribution in [0, 0.1) is 30.6 Å². The van der Waals surface area contributed by atoms with Gasteiger partial charge in [-0.2, -0.15) is 0 Å². The first-order chi connectivity index (χ1) is 21.6. The average Bonchev–Trinajstić information content (AvgIpc) is 3.58. The van der Waals surface area contributed by atoms with Gasteiger partial charge in [-0.25, -0.2) is 4.98 Å². The van der Waals surface area contributed by atoms with E-state index in [0.29, 0.717) is 22.5 Å². The van der Waals surface area contributed by atoms with Crippen molar-refractivity contribution in [2.75, 3.05) is 12.4 Å². The molecule has 13 nitrogen and oxygen atoms in total. The Morgan fingerprint density at radius 2 is 1.76 bits per heavy atom. The number of carbonyl (C=O) groups excluding carboxylic acids is 5. The Bertz CT molecular complexity index is 1700. The SMILES string of the molecule is CNC(=O)C(=O)CC[C@H](NC(=O)c1c(C)nc2sccn12)C(=O)Nc1cccn(CC(=O)NC2C3CC4CC(C3)CC2C4)c1=O. The lowest BCUT2D eigenvalue weighted by Gasteiger charge is -2.54. The highest BCUT2D eigenvalue weighted by molar-refractivity contribution is 7.15. The molecule has 4 saturated carbocycles. The Morgan fingerprint density at radius 1 is 1.04 bits per heavy atom. The Kier molecular flexibility index (Phi) is 8.58. The first-order valence-electron chi connectivity index (χ1n) is 15.4. The molecule has 14 heteroatoms. The second kappa shape index (κ2) is 12.6. The molecule has 4 aliphatic rings. The van der Waals surface area contributed by atoms with Crippen molar-refractivity contribution in [2.24, 2.45) is 23.7 Å². The Hall–Kier alpha value is -4.33. The van der Waals surface area contributed by atoms with E-state index in [2.05, 4.69) is 26.3 Å². The zero-order chi connectivity index (χ0) is 31.8. The molecule has 1 atom stereocenters. The molecule has 4 aliphatic carbocycles. The van der Waals surface area contributed by atoms with Crippen LogP contribution in [0.2, 0.25) is 0 Å². The maximum atomic E-state index is 13.5. The van der Waals surface area contributed by atoms with Crippen molar-refractivity contribution >= 4 is 51.4 Å². The number of nitrogens with one attached hydrogen (secondary N) is 4. The van der Waals surface area contributed by atoms with Crippen molar-refractivity contribution in [1.82, 2.24) is 29.9 Å². The number of nitrogens with zero attached hydrogens (tertiary/aromatic N) is 3. The number of pyridine rings is 1. The zero-order valence-electron chi connectivity index (χ0n) is 25.2. The maximum Gasteiger partial charge on any atom is 0.287 e. The molecule has 4 fully saturated rings. The van der Waals surface area contributed by atoms with Crippen molar-refractivity contribution in [2.45, 2.75) is 70.5 Å². The first-order valence-corrected chi connectivity index (χ1v) is 16.3. The number of aryl methyl sites for hydroxylation is 1. The summed E-state index contributed by atoms with van der Waals surface area (Å²) in [4.78, 5) is 82.2. The van der Waals surface area contributed by atoms with E-state index in [0.717, 1.165) is 37.5 Å². The number of ketones is 1. The van der Waals surface area contributed by atoms with Crippen molar-refractivity contribution in [1.29, 1.82) is 0 Å². The van der Waals surface area contributed by atoms with Gasteiger partial charge in [-0.3, -0.25) is 33.2 Å². The standard InChI is InChI=1S/C31H37N7O6S/c1-16-26(38-8-9-45-31(38)33-16)29(43)34-21(5-6-23(39)28(42)32-2)27(41)35-22-4-3-7-37(30(22)44)15-24(40)36-25-19-11-17-10-18(13-19)14-20(25)12-17/h3-4,7-9,17-21,25H,5-6,10-15H2,1-2H3,(H,32,42)(H,34,43)(H,35,41)(H,36,40)/t17?,18?,19?,20?,21-,25?/m0/s1. The predicted molar refractivity (Wildman–Crippen MR) is 166 cm³/mol. The van der Waals surface area contributed by atoms with E-state index in [4.69, 9.17) is 0 Å². The highest BCUT2D eigenvalue weighted by atomic mass is 32.1. The smallest absolute Gasteiger partial charge is 0.287 e. The van der Waals surface area contributed by atoms with Gasteiger partial charge in [0.25, 0.3) is 17.4 Å². The molecule has 4 amide bonds. The number of imidazole rings is 1. The third-order valence-electron chi connectivity index (χ3n) is 9.56. The minimum atomic E-state index is -1.26. The minimum absolute atomic E-state index is 0.0810. The first kappa shape index (κ1) is 30.7. The number of amides is 4. The molecule has 3 aromatic heterocycles. The quantitative estimate of drug-likeness (QED) is 0.232. The van der Waals surface area contributed by atoms with Crippen molar-refractivity contribution < 1.29 is 24.0 Å². The topological polar surface area (TPSA) is 173 Å². The molecule has 45 heavy (non-hydrogen) atoms. The van der Waals surface area contributed by atoms with Gasteiger partial charge in [-0.05, 0) is 81.3 Å². The van der Waals surface area contributed by atoms with Crippen LogP contribution < -0.4 is 26.8 Å². The van der Waals surface area contributed by atoms with Crippen molar-refractivity contribution in [3.63, 3.8) is 0 Å². The Labute approximate surface area is 263 Å². The fraction of sp³-hybridized carbons (Fsp3) is 0.516. The summed E-state index contributed by atoms with van der Waals surface area (Å²) < 4.78 is 2.84. The van der Waals surface area contributed by atoms with Crippen LogP contribution in [0.1, 0.15) is 61.1 Å². The van der Waals surface area contributed by atoms with Gasteiger partial charge in [0.15, 0.2) is 4.96 Å². The molecule has 4 N–H and O–H groups in total. The number of hydrogen-bond donors (Lipinski definition) is 4. The Balaban J connectivity index is 1.14. The maximum absolute atomic E-state index is 13.5. The summed E-state index contributed by atoms with van der Waals surface area (Å²) in [6.45, 7) is 1.48. The largest absolute Gasteiger partial charge is 0.353 e. The number of aromatic nitrogens is 3. The highest BCUT2D eigenvalue weighted by Gasteiger charge is 2.48. The summed E-state index contributed by atoms with van der Waals surface area (Å²) >= 11 is 1.35. The molecular weight excluding hydrogens is 598 g/mol. The second-order valence-corrected chi connectivity index (χ2v) is 13.4. The number of likely N-dealkylation sites (N-methyl/N-ethyl adjacent to an activating group) is 1. The van der Waals surface area contributed by atoms with E-state index < -0.39 is 35.1 Å². The van der Waals surface area contributed by atoms with Crippen LogP contribution in [0.15, 0.2) is 34.7 Å². The number of fused-ring (bicyclic) bond motifs is 1. The monoisotopic (exact) mass is 635 g/mol. The summed E-state index contributed by atoms with van der Waals surface area (Å²) in [6, 6.07) is 1.85. The fourth-order valence-electron chi connectivity index (χ4n) is 7.71. The summed E-state index contributed by atoms with van der Waals surface area (Å²) in [5.74, 6) is -0.606. The van der Waals surface area contributed by atoms with E-state index in [9.17, 15) is 28.8 Å². The number of rotatable bonds is 11. The van der Waals surface area contributed by atoms with Gasteiger partial charge in [0, 0.05) is 37.3 Å². The van der Waals surface area contributed by atoms with Gasteiger partial charge < -0.3 is 25.8 Å². The molecule has 3 heterocycles. The molecule has 0 aliphatic heterocycles. The van der Waals surface area contributed by atoms with E-state index in [1.165, 1.54) is 41.6 Å². The lowest BCUT2D eigenvalue weighted by molar-refractivity contribution is -0.137. The van der Waals surface area contributed by atoms with Crippen LogP contribution in [0.3, 0.4) is 0 Å². The van der Waals surface area contributed by atoms with Crippen molar-refractivity contribution in [3.05, 3.63) is 51.6 Å². The zero-order valence-corrected chi connectivity index (χ0v) is 26.0. The number of carbonyl (C=O) groups is 5. The van der Waals surface area contributed by atoms with Gasteiger partial charge in [0.2, 0.25) is 17.6 Å².